The topological polar surface area (TPSA) is 89.0 Å². The van der Waals surface area contributed by atoms with Crippen LogP contribution in [0.25, 0.3) is 0 Å². The quantitative estimate of drug-likeness (QED) is 0.346. The molecule has 3 rings (SSSR count). The van der Waals surface area contributed by atoms with E-state index in [-0.39, 0.29) is 12.5 Å². The highest BCUT2D eigenvalue weighted by Gasteiger charge is 2.08. The molecule has 33 heavy (non-hydrogen) atoms. The molecule has 170 valence electrons. The third-order valence-corrected chi connectivity index (χ3v) is 4.53. The zero-order valence-corrected chi connectivity index (χ0v) is 18.5. The summed E-state index contributed by atoms with van der Waals surface area (Å²) < 4.78 is 11.2. The zero-order valence-electron chi connectivity index (χ0n) is 18.5. The molecule has 0 heterocycles. The van der Waals surface area contributed by atoms with Crippen LogP contribution in [0.15, 0.2) is 84.0 Å². The van der Waals surface area contributed by atoms with Crippen LogP contribution in [-0.2, 0) is 11.4 Å². The predicted molar refractivity (Wildman–Crippen MR) is 128 cm³/mol. The number of nitrogens with one attached hydrogen (secondary N) is 2. The monoisotopic (exact) mass is 445 g/mol. The van der Waals surface area contributed by atoms with Crippen molar-refractivity contribution in [2.24, 2.45) is 5.10 Å². The van der Waals surface area contributed by atoms with Gasteiger partial charge in [-0.05, 0) is 66.1 Å². The number of amides is 2. The molecular formula is C26H27N3O4. The van der Waals surface area contributed by atoms with Crippen LogP contribution < -0.4 is 20.2 Å². The molecule has 0 radical (unpaired) electrons. The Morgan fingerprint density at radius 2 is 1.55 bits per heavy atom. The average Bonchev–Trinajstić information content (AvgIpc) is 2.86. The summed E-state index contributed by atoms with van der Waals surface area (Å²) in [4.78, 5) is 24.1. The lowest BCUT2D eigenvalue weighted by molar-refractivity contribution is -0.120. The Bertz CT molecular complexity index is 1050. The van der Waals surface area contributed by atoms with E-state index >= 15 is 0 Å². The van der Waals surface area contributed by atoms with Crippen molar-refractivity contribution in [2.75, 3.05) is 13.2 Å². The maximum absolute atomic E-state index is 12.2. The van der Waals surface area contributed by atoms with Crippen LogP contribution in [0.3, 0.4) is 0 Å². The molecule has 2 amide bonds. The Morgan fingerprint density at radius 3 is 2.24 bits per heavy atom. The highest BCUT2D eigenvalue weighted by molar-refractivity contribution is 5.96. The van der Waals surface area contributed by atoms with Gasteiger partial charge in [-0.1, -0.05) is 37.3 Å². The number of ether oxygens (including phenoxy) is 2. The fraction of sp³-hybridized carbons (Fsp3) is 0.192. The minimum atomic E-state index is -0.426. The van der Waals surface area contributed by atoms with E-state index in [1.807, 2.05) is 61.5 Å². The van der Waals surface area contributed by atoms with Crippen molar-refractivity contribution < 1.29 is 19.1 Å². The smallest absolute Gasteiger partial charge is 0.259 e. The Balaban J connectivity index is 1.38. The van der Waals surface area contributed by atoms with E-state index in [0.717, 1.165) is 23.3 Å². The Kier molecular flexibility index (Phi) is 9.03. The van der Waals surface area contributed by atoms with Crippen molar-refractivity contribution in [3.05, 3.63) is 95.6 Å². The number of hydrogen-bond donors (Lipinski definition) is 2. The molecule has 3 aromatic carbocycles. The van der Waals surface area contributed by atoms with Crippen molar-refractivity contribution >= 4 is 18.0 Å². The van der Waals surface area contributed by atoms with Crippen molar-refractivity contribution in [1.82, 2.24) is 10.7 Å². The van der Waals surface area contributed by atoms with E-state index in [4.69, 9.17) is 9.47 Å². The summed E-state index contributed by atoms with van der Waals surface area (Å²) in [7, 11) is 0. The Morgan fingerprint density at radius 1 is 0.879 bits per heavy atom. The fourth-order valence-electron chi connectivity index (χ4n) is 2.79. The summed E-state index contributed by atoms with van der Waals surface area (Å²) in [5.74, 6) is 0.677. The van der Waals surface area contributed by atoms with Crippen molar-refractivity contribution in [2.45, 2.75) is 20.0 Å². The number of benzene rings is 3. The van der Waals surface area contributed by atoms with E-state index in [1.165, 1.54) is 6.21 Å². The van der Waals surface area contributed by atoms with Crippen molar-refractivity contribution in [3.8, 4) is 11.5 Å². The van der Waals surface area contributed by atoms with Crippen LogP contribution >= 0.6 is 0 Å². The fourth-order valence-corrected chi connectivity index (χ4v) is 2.79. The molecule has 2 N–H and O–H groups in total. The van der Waals surface area contributed by atoms with Gasteiger partial charge in [0.15, 0.2) is 0 Å². The van der Waals surface area contributed by atoms with Crippen LogP contribution in [0.2, 0.25) is 0 Å². The van der Waals surface area contributed by atoms with Gasteiger partial charge in [-0.2, -0.15) is 5.10 Å². The number of rotatable bonds is 11. The maximum atomic E-state index is 12.2. The predicted octanol–water partition coefficient (Wildman–Crippen LogP) is 3.93. The van der Waals surface area contributed by atoms with E-state index in [0.29, 0.717) is 24.5 Å². The Labute approximate surface area is 193 Å². The van der Waals surface area contributed by atoms with Gasteiger partial charge in [0, 0.05) is 5.56 Å². The van der Waals surface area contributed by atoms with E-state index in [1.54, 1.807) is 24.3 Å². The normalized spacial score (nSPS) is 10.6. The number of carbonyl (C=O) groups excluding carboxylic acids is 2. The summed E-state index contributed by atoms with van der Waals surface area (Å²) in [6.07, 6.45) is 2.43. The van der Waals surface area contributed by atoms with Gasteiger partial charge in [-0.15, -0.1) is 0 Å². The summed E-state index contributed by atoms with van der Waals surface area (Å²) in [5.41, 5.74) is 4.74. The average molecular weight is 446 g/mol. The standard InChI is InChI=1S/C26H27N3O4/c1-2-16-32-23-14-10-22(11-15-23)26(31)27-18-25(30)29-28-17-20-8-12-24(13-9-20)33-19-21-6-4-3-5-7-21/h3-15,17H,2,16,18-19H2,1H3,(H,27,31)(H,29,30). The first-order valence-corrected chi connectivity index (χ1v) is 10.7. The van der Waals surface area contributed by atoms with Gasteiger partial charge < -0.3 is 14.8 Å². The van der Waals surface area contributed by atoms with Gasteiger partial charge in [0.05, 0.1) is 19.4 Å². The summed E-state index contributed by atoms with van der Waals surface area (Å²) in [6, 6.07) is 24.0. The number of nitrogens with zero attached hydrogens (tertiary/aromatic N) is 1. The molecule has 0 bridgehead atoms. The maximum Gasteiger partial charge on any atom is 0.259 e. The van der Waals surface area contributed by atoms with Crippen LogP contribution in [0.5, 0.6) is 11.5 Å². The van der Waals surface area contributed by atoms with E-state index in [2.05, 4.69) is 15.8 Å². The second kappa shape index (κ2) is 12.7. The third-order valence-electron chi connectivity index (χ3n) is 4.53. The SMILES string of the molecule is CCCOc1ccc(C(=O)NCC(=O)NN=Cc2ccc(OCc3ccccc3)cc2)cc1. The first kappa shape index (κ1) is 23.5. The lowest BCUT2D eigenvalue weighted by Crippen LogP contribution is -2.34. The van der Waals surface area contributed by atoms with E-state index < -0.39 is 5.91 Å². The number of carbonyl (C=O) groups is 2. The largest absolute Gasteiger partial charge is 0.494 e. The molecule has 0 aromatic heterocycles. The van der Waals surface area contributed by atoms with Crippen LogP contribution in [0, 0.1) is 0 Å². The highest BCUT2D eigenvalue weighted by atomic mass is 16.5. The highest BCUT2D eigenvalue weighted by Crippen LogP contribution is 2.14. The van der Waals surface area contributed by atoms with Gasteiger partial charge in [-0.25, -0.2) is 5.43 Å². The molecule has 7 nitrogen and oxygen atoms in total. The summed E-state index contributed by atoms with van der Waals surface area (Å²) >= 11 is 0. The van der Waals surface area contributed by atoms with Gasteiger partial charge in [0.25, 0.3) is 11.8 Å². The molecule has 3 aromatic rings. The molecule has 0 aliphatic rings. The minimum absolute atomic E-state index is 0.184. The molecule has 0 fully saturated rings. The first-order chi connectivity index (χ1) is 16.1. The second-order valence-corrected chi connectivity index (χ2v) is 7.19. The van der Waals surface area contributed by atoms with Crippen LogP contribution in [0.4, 0.5) is 0 Å². The van der Waals surface area contributed by atoms with Gasteiger partial charge >= 0.3 is 0 Å². The molecule has 0 saturated heterocycles. The molecule has 7 heteroatoms. The molecule has 0 atom stereocenters. The number of hydrogen-bond acceptors (Lipinski definition) is 5. The number of hydrazone groups is 1. The first-order valence-electron chi connectivity index (χ1n) is 10.7. The second-order valence-electron chi connectivity index (χ2n) is 7.19. The summed E-state index contributed by atoms with van der Waals surface area (Å²) in [5, 5.41) is 6.49. The third kappa shape index (κ3) is 8.14. The van der Waals surface area contributed by atoms with Crippen molar-refractivity contribution in [3.63, 3.8) is 0 Å². The van der Waals surface area contributed by atoms with Gasteiger partial charge in [-0.3, -0.25) is 9.59 Å². The van der Waals surface area contributed by atoms with Gasteiger partial charge in [0.2, 0.25) is 0 Å². The molecule has 0 aliphatic heterocycles. The Hall–Kier alpha value is -4.13. The molecule has 0 spiro atoms. The zero-order chi connectivity index (χ0) is 23.3. The molecule has 0 unspecified atom stereocenters. The minimum Gasteiger partial charge on any atom is -0.494 e. The lowest BCUT2D eigenvalue weighted by Gasteiger charge is -2.07. The lowest BCUT2D eigenvalue weighted by atomic mass is 10.2. The van der Waals surface area contributed by atoms with E-state index in [9.17, 15) is 9.59 Å². The van der Waals surface area contributed by atoms with Crippen LogP contribution in [-0.4, -0.2) is 31.2 Å². The molecule has 0 saturated carbocycles. The van der Waals surface area contributed by atoms with Crippen LogP contribution in [0.1, 0.15) is 34.8 Å². The summed E-state index contributed by atoms with van der Waals surface area (Å²) in [6.45, 7) is 2.96. The van der Waals surface area contributed by atoms with Crippen molar-refractivity contribution in [1.29, 1.82) is 0 Å². The van der Waals surface area contributed by atoms with Gasteiger partial charge in [0.1, 0.15) is 18.1 Å². The molecule has 0 aliphatic carbocycles. The molecular weight excluding hydrogens is 418 g/mol.